The van der Waals surface area contributed by atoms with Gasteiger partial charge in [0.25, 0.3) is 0 Å². The van der Waals surface area contributed by atoms with Gasteiger partial charge < -0.3 is 15.5 Å². The number of nitrogens with one attached hydrogen (secondary N) is 1. The summed E-state index contributed by atoms with van der Waals surface area (Å²) in [5, 5.41) is 8.40. The summed E-state index contributed by atoms with van der Waals surface area (Å²) < 4.78 is 8.83. The number of nitrogens with two attached hydrogens (primary N) is 1. The highest BCUT2D eigenvalue weighted by atomic mass is 127. The van der Waals surface area contributed by atoms with Crippen LogP contribution >= 0.6 is 22.6 Å². The molecule has 2 heterocycles. The second-order valence-corrected chi connectivity index (χ2v) is 9.61. The van der Waals surface area contributed by atoms with E-state index in [1.165, 1.54) is 3.57 Å². The van der Waals surface area contributed by atoms with Crippen molar-refractivity contribution >= 4 is 39.5 Å². The van der Waals surface area contributed by atoms with Crippen LogP contribution in [-0.4, -0.2) is 36.8 Å². The Bertz CT molecular complexity index is 1480. The van der Waals surface area contributed by atoms with Gasteiger partial charge in [-0.25, -0.2) is 9.67 Å². The van der Waals surface area contributed by atoms with Gasteiger partial charge in [-0.15, -0.1) is 5.10 Å². The van der Waals surface area contributed by atoms with E-state index in [0.717, 1.165) is 45.1 Å². The highest BCUT2D eigenvalue weighted by molar-refractivity contribution is 14.1. The Morgan fingerprint density at radius 1 is 1.09 bits per heavy atom. The van der Waals surface area contributed by atoms with Crippen molar-refractivity contribution in [3.63, 3.8) is 0 Å². The first-order valence-electron chi connectivity index (χ1n) is 11.2. The first-order chi connectivity index (χ1) is 16.9. The lowest BCUT2D eigenvalue weighted by Crippen LogP contribution is -2.15. The number of aliphatic imine (C=N–C) groups is 1. The van der Waals surface area contributed by atoms with Crippen LogP contribution in [0, 0.1) is 3.57 Å². The molecule has 8 nitrogen and oxygen atoms in total. The van der Waals surface area contributed by atoms with Gasteiger partial charge in [0.2, 0.25) is 0 Å². The molecular weight excluding hydrogens is 553 g/mol. The Morgan fingerprint density at radius 2 is 1.86 bits per heavy atom. The van der Waals surface area contributed by atoms with Gasteiger partial charge in [-0.3, -0.25) is 4.99 Å². The average molecular weight is 577 g/mol. The Kier molecular flexibility index (Phi) is 6.49. The summed E-state index contributed by atoms with van der Waals surface area (Å²) >= 11 is 2.28. The number of benzene rings is 3. The molecule has 2 aromatic heterocycles. The number of amidine groups is 1. The van der Waals surface area contributed by atoms with Crippen molar-refractivity contribution in [3.05, 3.63) is 87.8 Å². The molecule has 0 aliphatic rings. The van der Waals surface area contributed by atoms with Gasteiger partial charge in [-0.2, -0.15) is 0 Å². The van der Waals surface area contributed by atoms with E-state index in [4.69, 9.17) is 15.5 Å². The van der Waals surface area contributed by atoms with Crippen molar-refractivity contribution in [1.82, 2.24) is 25.0 Å². The largest absolute Gasteiger partial charge is 0.487 e. The van der Waals surface area contributed by atoms with Crippen LogP contribution in [0.4, 0.5) is 0 Å². The molecule has 5 aromatic rings. The Morgan fingerprint density at radius 3 is 2.60 bits per heavy atom. The lowest BCUT2D eigenvalue weighted by Gasteiger charge is -2.04. The summed E-state index contributed by atoms with van der Waals surface area (Å²) in [6.45, 7) is 4.33. The fourth-order valence-corrected chi connectivity index (χ4v) is 3.97. The van der Waals surface area contributed by atoms with Gasteiger partial charge in [0.15, 0.2) is 0 Å². The molecule has 3 N–H and O–H groups in total. The van der Waals surface area contributed by atoms with Crippen LogP contribution in [0.1, 0.15) is 25.1 Å². The average Bonchev–Trinajstić information content (AvgIpc) is 3.50. The number of fused-ring (bicyclic) bond motifs is 1. The third-order valence-corrected chi connectivity index (χ3v) is 6.04. The van der Waals surface area contributed by atoms with E-state index < -0.39 is 0 Å². The number of hydrogen-bond acceptors (Lipinski definition) is 5. The molecule has 0 fully saturated rings. The van der Waals surface area contributed by atoms with Crippen LogP contribution in [0.15, 0.2) is 77.9 Å². The van der Waals surface area contributed by atoms with Crippen LogP contribution in [0.3, 0.4) is 0 Å². The van der Waals surface area contributed by atoms with Gasteiger partial charge in [0, 0.05) is 20.7 Å². The van der Waals surface area contributed by atoms with Crippen molar-refractivity contribution in [2.24, 2.45) is 10.7 Å². The van der Waals surface area contributed by atoms with E-state index in [0.29, 0.717) is 12.4 Å². The Hall–Kier alpha value is -3.73. The van der Waals surface area contributed by atoms with E-state index in [1.807, 2.05) is 86.8 Å². The number of hydrogen-bond donors (Lipinski definition) is 2. The zero-order valence-corrected chi connectivity index (χ0v) is 21.5. The molecule has 176 valence electrons. The second-order valence-electron chi connectivity index (χ2n) is 8.37. The molecule has 0 unspecified atom stereocenters. The van der Waals surface area contributed by atoms with Crippen molar-refractivity contribution in [2.45, 2.75) is 26.5 Å². The highest BCUT2D eigenvalue weighted by Gasteiger charge is 2.09. The minimum absolute atomic E-state index is 0.142. The maximum Gasteiger partial charge on any atom is 0.138 e. The molecule has 9 heteroatoms. The number of nitrogens with zero attached hydrogens (tertiary/aromatic N) is 5. The predicted molar refractivity (Wildman–Crippen MR) is 146 cm³/mol. The molecule has 0 saturated carbocycles. The molecule has 0 saturated heterocycles. The third kappa shape index (κ3) is 5.35. The number of aromatic amines is 1. The van der Waals surface area contributed by atoms with Gasteiger partial charge in [-0.1, -0.05) is 5.21 Å². The number of halogens is 1. The molecular formula is C26H24IN7O. The van der Waals surface area contributed by atoms with E-state index in [2.05, 4.69) is 42.9 Å². The minimum atomic E-state index is 0.142. The zero-order valence-electron chi connectivity index (χ0n) is 19.3. The zero-order chi connectivity index (χ0) is 24.4. The molecule has 0 aliphatic carbocycles. The molecule has 0 aliphatic heterocycles. The van der Waals surface area contributed by atoms with E-state index in [1.54, 1.807) is 4.68 Å². The van der Waals surface area contributed by atoms with Crippen molar-refractivity contribution in [1.29, 1.82) is 0 Å². The van der Waals surface area contributed by atoms with Gasteiger partial charge in [0.05, 0.1) is 22.9 Å². The van der Waals surface area contributed by atoms with E-state index >= 15 is 0 Å². The van der Waals surface area contributed by atoms with Crippen LogP contribution in [0.2, 0.25) is 0 Å². The van der Waals surface area contributed by atoms with E-state index in [-0.39, 0.29) is 6.04 Å². The van der Waals surface area contributed by atoms with E-state index in [9.17, 15) is 0 Å². The number of H-pyrrole nitrogens is 1. The smallest absolute Gasteiger partial charge is 0.138 e. The Labute approximate surface area is 216 Å². The molecule has 35 heavy (non-hydrogen) atoms. The third-order valence-electron chi connectivity index (χ3n) is 5.32. The lowest BCUT2D eigenvalue weighted by molar-refractivity contribution is 0.301. The van der Waals surface area contributed by atoms with Crippen LogP contribution in [0.25, 0.3) is 28.1 Å². The van der Waals surface area contributed by atoms with Gasteiger partial charge >= 0.3 is 0 Å². The highest BCUT2D eigenvalue weighted by Crippen LogP contribution is 2.24. The van der Waals surface area contributed by atoms with Crippen molar-refractivity contribution in [2.75, 3.05) is 0 Å². The van der Waals surface area contributed by atoms with Crippen LogP contribution in [0.5, 0.6) is 5.75 Å². The van der Waals surface area contributed by atoms with Crippen molar-refractivity contribution in [3.8, 4) is 22.8 Å². The first-order valence-corrected chi connectivity index (χ1v) is 12.3. The SMILES string of the molecule is CC(C)N=C(N)c1ccc2nc(-c3ccc(OCc4cn(-c5ccc(I)cc5)nn4)cc3)[nH]c2c1. The number of aromatic nitrogens is 5. The molecule has 3 aromatic carbocycles. The summed E-state index contributed by atoms with van der Waals surface area (Å²) in [5.41, 5.74) is 11.5. The quantitative estimate of drug-likeness (QED) is 0.159. The fourth-order valence-electron chi connectivity index (χ4n) is 3.61. The first kappa shape index (κ1) is 23.0. The lowest BCUT2D eigenvalue weighted by atomic mass is 10.2. The fraction of sp³-hybridized carbons (Fsp3) is 0.154. The minimum Gasteiger partial charge on any atom is -0.487 e. The predicted octanol–water partition coefficient (Wildman–Crippen LogP) is 5.11. The Balaban J connectivity index is 1.26. The summed E-state index contributed by atoms with van der Waals surface area (Å²) in [5.74, 6) is 2.05. The molecule has 0 bridgehead atoms. The van der Waals surface area contributed by atoms with Gasteiger partial charge in [0.1, 0.15) is 29.7 Å². The van der Waals surface area contributed by atoms with Crippen LogP contribution in [-0.2, 0) is 6.61 Å². The molecule has 0 radical (unpaired) electrons. The second kappa shape index (κ2) is 9.87. The summed E-state index contributed by atoms with van der Waals surface area (Å²) in [7, 11) is 0. The monoisotopic (exact) mass is 577 g/mol. The summed E-state index contributed by atoms with van der Waals surface area (Å²) in [6, 6.07) is 21.9. The topological polar surface area (TPSA) is 107 Å². The normalized spacial score (nSPS) is 11.9. The molecule has 0 atom stereocenters. The van der Waals surface area contributed by atoms with Gasteiger partial charge in [-0.05, 0) is 103 Å². The van der Waals surface area contributed by atoms with Crippen LogP contribution < -0.4 is 10.5 Å². The standard InChI is InChI=1S/C26H24IN7O/c1-16(2)29-25(28)18-5-12-23-24(13-18)31-26(30-23)17-3-10-22(11-4-17)35-15-20-14-34(33-32-20)21-8-6-19(27)7-9-21/h3-14,16H,15H2,1-2H3,(H2,28,29)(H,30,31). The maximum atomic E-state index is 6.12. The number of rotatable bonds is 7. The number of imidazole rings is 1. The molecule has 0 amide bonds. The molecule has 5 rings (SSSR count). The molecule has 0 spiro atoms. The maximum absolute atomic E-state index is 6.12. The summed E-state index contributed by atoms with van der Waals surface area (Å²) in [4.78, 5) is 12.5. The number of ether oxygens (including phenoxy) is 1. The summed E-state index contributed by atoms with van der Waals surface area (Å²) in [6.07, 6.45) is 1.87. The van der Waals surface area contributed by atoms with Crippen molar-refractivity contribution < 1.29 is 4.74 Å².